The standard InChI is InChI=1S/C37H61N5O7S/c1-12-14-18-26(28(43)31(45)38-22-13-2)39-30(44)27-25(34(3,4)5)19-23-42(27)32(46)29(35(6,7)8)40-33(47)41-37(20-16-15-17-21-37)24-50(48,49)36(9,10)11/h1,13,25-27,29H,2,14-24H2,3-11H3,(H,38,45)(H,39,44)(H2,40,41,47)/t25?,26?,27?,29-/m1/s1. The van der Waals surface area contributed by atoms with Gasteiger partial charge in [-0.1, -0.05) is 66.9 Å². The van der Waals surface area contributed by atoms with Crippen LogP contribution < -0.4 is 21.3 Å². The van der Waals surface area contributed by atoms with Gasteiger partial charge in [0.25, 0.3) is 5.91 Å². The SMILES string of the molecule is C#CCCC(NC(=O)C1C(C(C)(C)C)CCN1C(=O)[C@@H](NC(=O)NC1(CS(=O)(=O)C(C)(C)C)CCCCC1)C(C)(C)C)C(=O)C(=O)NCC=C. The van der Waals surface area contributed by atoms with E-state index in [9.17, 15) is 32.4 Å². The van der Waals surface area contributed by atoms with E-state index in [0.717, 1.165) is 19.3 Å². The van der Waals surface area contributed by atoms with Crippen LogP contribution in [0.15, 0.2) is 12.7 Å². The highest BCUT2D eigenvalue weighted by atomic mass is 32.2. The maximum atomic E-state index is 14.5. The van der Waals surface area contributed by atoms with Crippen molar-refractivity contribution in [2.75, 3.05) is 18.8 Å². The summed E-state index contributed by atoms with van der Waals surface area (Å²) in [5.41, 5.74) is -2.21. The molecule has 0 aromatic carbocycles. The lowest BCUT2D eigenvalue weighted by Crippen LogP contribution is -2.64. The van der Waals surface area contributed by atoms with Crippen molar-refractivity contribution in [2.45, 2.75) is 142 Å². The first-order chi connectivity index (χ1) is 22.9. The van der Waals surface area contributed by atoms with Crippen molar-refractivity contribution in [3.63, 3.8) is 0 Å². The lowest BCUT2D eigenvalue weighted by molar-refractivity contribution is -0.145. The first kappa shape index (κ1) is 42.8. The van der Waals surface area contributed by atoms with Gasteiger partial charge in [-0.2, -0.15) is 0 Å². The number of hydrogen-bond donors (Lipinski definition) is 4. The fourth-order valence-electron chi connectivity index (χ4n) is 6.77. The Kier molecular flexibility index (Phi) is 14.3. The number of nitrogens with one attached hydrogen (secondary N) is 4. The molecule has 0 bridgehead atoms. The predicted molar refractivity (Wildman–Crippen MR) is 196 cm³/mol. The van der Waals surface area contributed by atoms with Gasteiger partial charge in [-0.25, -0.2) is 13.2 Å². The Morgan fingerprint density at radius 3 is 2.08 bits per heavy atom. The number of carbonyl (C=O) groups excluding carboxylic acids is 5. The van der Waals surface area contributed by atoms with E-state index >= 15 is 0 Å². The quantitative estimate of drug-likeness (QED) is 0.128. The van der Waals surface area contributed by atoms with Gasteiger partial charge in [0.2, 0.25) is 17.6 Å². The summed E-state index contributed by atoms with van der Waals surface area (Å²) in [6, 6.07) is -3.95. The highest BCUT2D eigenvalue weighted by molar-refractivity contribution is 7.92. The van der Waals surface area contributed by atoms with E-state index in [-0.39, 0.29) is 37.6 Å². The second-order valence-electron chi connectivity index (χ2n) is 17.0. The molecule has 0 spiro atoms. The minimum absolute atomic E-state index is 0.0302. The molecule has 282 valence electrons. The molecule has 2 rings (SSSR count). The average Bonchev–Trinajstić information content (AvgIpc) is 3.45. The minimum Gasteiger partial charge on any atom is -0.346 e. The van der Waals surface area contributed by atoms with Gasteiger partial charge < -0.3 is 26.2 Å². The molecule has 5 amide bonds. The Hall–Kier alpha value is -3.40. The van der Waals surface area contributed by atoms with Crippen molar-refractivity contribution < 1.29 is 32.4 Å². The molecule has 2 aliphatic rings. The Morgan fingerprint density at radius 1 is 0.980 bits per heavy atom. The number of carbonyl (C=O) groups is 5. The third kappa shape index (κ3) is 11.0. The van der Waals surface area contributed by atoms with Gasteiger partial charge >= 0.3 is 6.03 Å². The number of terminal acetylenes is 1. The Morgan fingerprint density at radius 2 is 1.58 bits per heavy atom. The number of hydrogen-bond acceptors (Lipinski definition) is 7. The zero-order valence-electron chi connectivity index (χ0n) is 31.7. The smallest absolute Gasteiger partial charge is 0.315 e. The van der Waals surface area contributed by atoms with Crippen LogP contribution in [0.5, 0.6) is 0 Å². The zero-order valence-corrected chi connectivity index (χ0v) is 32.5. The molecule has 50 heavy (non-hydrogen) atoms. The van der Waals surface area contributed by atoms with E-state index in [1.165, 1.54) is 11.0 Å². The largest absolute Gasteiger partial charge is 0.346 e. The monoisotopic (exact) mass is 719 g/mol. The minimum atomic E-state index is -3.58. The van der Waals surface area contributed by atoms with Crippen LogP contribution in [0, 0.1) is 29.1 Å². The number of nitrogens with zero attached hydrogens (tertiary/aromatic N) is 1. The molecule has 4 N–H and O–H groups in total. The number of likely N-dealkylation sites (tertiary alicyclic amines) is 1. The van der Waals surface area contributed by atoms with Crippen molar-refractivity contribution in [2.24, 2.45) is 16.7 Å². The van der Waals surface area contributed by atoms with Crippen molar-refractivity contribution in [3.8, 4) is 12.3 Å². The van der Waals surface area contributed by atoms with E-state index in [1.54, 1.807) is 41.5 Å². The summed E-state index contributed by atoms with van der Waals surface area (Å²) < 4.78 is 25.6. The molecule has 13 heteroatoms. The van der Waals surface area contributed by atoms with Gasteiger partial charge in [0.15, 0.2) is 9.84 Å². The summed E-state index contributed by atoms with van der Waals surface area (Å²) in [6.07, 6.45) is 11.0. The molecule has 0 radical (unpaired) electrons. The topological polar surface area (TPSA) is 171 Å². The first-order valence-electron chi connectivity index (χ1n) is 17.7. The summed E-state index contributed by atoms with van der Waals surface area (Å²) in [5.74, 6) is -0.880. The second-order valence-corrected chi connectivity index (χ2v) is 19.8. The zero-order chi connectivity index (χ0) is 38.3. The summed E-state index contributed by atoms with van der Waals surface area (Å²) in [6.45, 7) is 20.1. The molecule has 3 unspecified atom stereocenters. The summed E-state index contributed by atoms with van der Waals surface area (Å²) >= 11 is 0. The Labute approximate surface area is 300 Å². The normalized spacial score (nSPS) is 20.8. The summed E-state index contributed by atoms with van der Waals surface area (Å²) in [4.78, 5) is 69.5. The second kappa shape index (κ2) is 16.7. The van der Waals surface area contributed by atoms with E-state index in [0.29, 0.717) is 19.3 Å². The molecule has 1 saturated carbocycles. The van der Waals surface area contributed by atoms with Gasteiger partial charge in [-0.15, -0.1) is 18.9 Å². The fourth-order valence-corrected chi connectivity index (χ4v) is 8.29. The maximum Gasteiger partial charge on any atom is 0.315 e. The highest BCUT2D eigenvalue weighted by Crippen LogP contribution is 2.40. The van der Waals surface area contributed by atoms with Gasteiger partial charge in [0.1, 0.15) is 12.1 Å². The summed E-state index contributed by atoms with van der Waals surface area (Å²) in [5, 5.41) is 11.0. The van der Waals surface area contributed by atoms with Gasteiger partial charge in [0, 0.05) is 19.5 Å². The molecule has 1 aliphatic carbocycles. The molecular formula is C37H61N5O7S. The summed E-state index contributed by atoms with van der Waals surface area (Å²) in [7, 11) is -3.58. The average molecular weight is 720 g/mol. The van der Waals surface area contributed by atoms with Crippen molar-refractivity contribution >= 4 is 39.4 Å². The number of sulfone groups is 1. The number of Topliss-reactive ketones (excluding diaryl/α,β-unsaturated/α-hetero) is 1. The Balaban J connectivity index is 2.43. The highest BCUT2D eigenvalue weighted by Gasteiger charge is 2.50. The van der Waals surface area contributed by atoms with Crippen molar-refractivity contribution in [1.29, 1.82) is 0 Å². The van der Waals surface area contributed by atoms with Gasteiger partial charge in [-0.3, -0.25) is 19.2 Å². The van der Waals surface area contributed by atoms with Crippen LogP contribution in [0.4, 0.5) is 4.79 Å². The van der Waals surface area contributed by atoms with Gasteiger partial charge in [-0.05, 0) is 63.2 Å². The van der Waals surface area contributed by atoms with Crippen molar-refractivity contribution in [3.05, 3.63) is 12.7 Å². The molecule has 1 aliphatic heterocycles. The third-order valence-corrected chi connectivity index (χ3v) is 12.7. The molecular weight excluding hydrogens is 659 g/mol. The van der Waals surface area contributed by atoms with E-state index < -0.39 is 78.6 Å². The molecule has 0 aromatic heterocycles. The van der Waals surface area contributed by atoms with Crippen LogP contribution in [0.1, 0.15) is 114 Å². The molecule has 4 atom stereocenters. The molecule has 0 aromatic rings. The number of rotatable bonds is 13. The van der Waals surface area contributed by atoms with Crippen LogP contribution in [-0.4, -0.2) is 90.1 Å². The van der Waals surface area contributed by atoms with E-state index in [1.807, 2.05) is 20.8 Å². The lowest BCUT2D eigenvalue weighted by Gasteiger charge is -2.41. The third-order valence-electron chi connectivity index (χ3n) is 9.88. The molecule has 1 saturated heterocycles. The van der Waals surface area contributed by atoms with Crippen LogP contribution >= 0.6 is 0 Å². The van der Waals surface area contributed by atoms with Crippen LogP contribution in [0.2, 0.25) is 0 Å². The number of amides is 5. The van der Waals surface area contributed by atoms with Crippen LogP contribution in [0.3, 0.4) is 0 Å². The fraction of sp³-hybridized carbons (Fsp3) is 0.757. The number of urea groups is 1. The lowest BCUT2D eigenvalue weighted by atomic mass is 9.75. The first-order valence-corrected chi connectivity index (χ1v) is 19.3. The number of ketones is 1. The van der Waals surface area contributed by atoms with E-state index in [4.69, 9.17) is 6.42 Å². The maximum absolute atomic E-state index is 14.5. The predicted octanol–water partition coefficient (Wildman–Crippen LogP) is 3.65. The van der Waals surface area contributed by atoms with Crippen molar-refractivity contribution in [1.82, 2.24) is 26.2 Å². The molecule has 1 heterocycles. The van der Waals surface area contributed by atoms with Crippen LogP contribution in [-0.2, 0) is 29.0 Å². The van der Waals surface area contributed by atoms with Crippen LogP contribution in [0.25, 0.3) is 0 Å². The van der Waals surface area contributed by atoms with E-state index in [2.05, 4.69) is 33.8 Å². The molecule has 2 fully saturated rings. The molecule has 12 nitrogen and oxygen atoms in total. The van der Waals surface area contributed by atoms with Gasteiger partial charge in [0.05, 0.1) is 22.1 Å². The Bertz CT molecular complexity index is 1420.